The second kappa shape index (κ2) is 6.72. The van der Waals surface area contributed by atoms with E-state index in [-0.39, 0.29) is 24.6 Å². The lowest BCUT2D eigenvalue weighted by molar-refractivity contribution is -0.116. The lowest BCUT2D eigenvalue weighted by atomic mass is 10.2. The molecule has 0 aliphatic carbocycles. The number of carbonyl (C=O) groups is 1. The molecule has 7 nitrogen and oxygen atoms in total. The summed E-state index contributed by atoms with van der Waals surface area (Å²) in [5.74, 6) is 0.0397. The van der Waals surface area contributed by atoms with Crippen molar-refractivity contribution in [3.63, 3.8) is 0 Å². The number of pyridine rings is 1. The number of aryl methyl sites for hydroxylation is 1. The van der Waals surface area contributed by atoms with Gasteiger partial charge in [0.15, 0.2) is 0 Å². The molecule has 0 bridgehead atoms. The van der Waals surface area contributed by atoms with Crippen LogP contribution in [0.3, 0.4) is 0 Å². The minimum atomic E-state index is -0.501. The molecule has 0 saturated carbocycles. The highest BCUT2D eigenvalue weighted by Crippen LogP contribution is 2.09. The first-order valence-electron chi connectivity index (χ1n) is 7.96. The van der Waals surface area contributed by atoms with Gasteiger partial charge in [-0.05, 0) is 43.7 Å². The van der Waals surface area contributed by atoms with E-state index < -0.39 is 5.69 Å². The van der Waals surface area contributed by atoms with Crippen molar-refractivity contribution in [1.82, 2.24) is 14.1 Å². The number of hydrogen-bond acceptors (Lipinski definition) is 4. The van der Waals surface area contributed by atoms with Crippen LogP contribution in [0.25, 0.3) is 10.9 Å². The number of benzene rings is 1. The van der Waals surface area contributed by atoms with Gasteiger partial charge in [0.2, 0.25) is 5.91 Å². The molecular weight excluding hydrogens is 320 g/mol. The predicted octanol–water partition coefficient (Wildman–Crippen LogP) is 1.53. The van der Waals surface area contributed by atoms with Crippen molar-refractivity contribution in [2.24, 2.45) is 0 Å². The number of para-hydroxylation sites is 1. The molecule has 0 spiro atoms. The maximum Gasteiger partial charge on any atom is 0.331 e. The van der Waals surface area contributed by atoms with Gasteiger partial charge >= 0.3 is 5.69 Å². The Morgan fingerprint density at radius 1 is 1.16 bits per heavy atom. The molecule has 0 unspecified atom stereocenters. The average Bonchev–Trinajstić information content (AvgIpc) is 2.59. The summed E-state index contributed by atoms with van der Waals surface area (Å²) in [5.41, 5.74) is 0.556. The topological polar surface area (TPSA) is 86.0 Å². The van der Waals surface area contributed by atoms with E-state index in [0.29, 0.717) is 16.7 Å². The van der Waals surface area contributed by atoms with Gasteiger partial charge in [-0.25, -0.2) is 9.78 Å². The van der Waals surface area contributed by atoms with Crippen molar-refractivity contribution in [1.29, 1.82) is 0 Å². The van der Waals surface area contributed by atoms with Crippen molar-refractivity contribution in [3.8, 4) is 0 Å². The van der Waals surface area contributed by atoms with E-state index in [1.54, 1.807) is 43.5 Å². The Morgan fingerprint density at radius 3 is 2.64 bits per heavy atom. The smallest absolute Gasteiger partial charge is 0.309 e. The van der Waals surface area contributed by atoms with Crippen LogP contribution in [0.1, 0.15) is 12.5 Å². The standard InChI is InChI=1S/C18H18N4O3/c1-3-21-17(24)13-6-4-5-7-14(13)22(18(21)25)11-16(23)20-15-10-12(2)8-9-19-15/h4-10H,3,11H2,1-2H3,(H,19,20,23). The third-order valence-electron chi connectivity index (χ3n) is 3.93. The summed E-state index contributed by atoms with van der Waals surface area (Å²) in [4.78, 5) is 41.4. The van der Waals surface area contributed by atoms with Crippen LogP contribution < -0.4 is 16.6 Å². The normalized spacial score (nSPS) is 10.8. The van der Waals surface area contributed by atoms with Crippen LogP contribution in [0.4, 0.5) is 5.82 Å². The molecule has 3 rings (SSSR count). The second-order valence-electron chi connectivity index (χ2n) is 5.70. The van der Waals surface area contributed by atoms with Crippen molar-refractivity contribution in [2.75, 3.05) is 5.32 Å². The van der Waals surface area contributed by atoms with Gasteiger partial charge in [0.05, 0.1) is 10.9 Å². The summed E-state index contributed by atoms with van der Waals surface area (Å²) in [6.07, 6.45) is 1.60. The molecular formula is C18H18N4O3. The molecule has 0 saturated heterocycles. The number of anilines is 1. The van der Waals surface area contributed by atoms with Gasteiger partial charge in [-0.1, -0.05) is 12.1 Å². The number of rotatable bonds is 4. The molecule has 0 radical (unpaired) electrons. The van der Waals surface area contributed by atoms with E-state index in [9.17, 15) is 14.4 Å². The van der Waals surface area contributed by atoms with Crippen LogP contribution in [0, 0.1) is 6.92 Å². The van der Waals surface area contributed by atoms with Gasteiger partial charge in [0, 0.05) is 12.7 Å². The molecule has 2 aromatic heterocycles. The zero-order chi connectivity index (χ0) is 18.0. The number of fused-ring (bicyclic) bond motifs is 1. The van der Waals surface area contributed by atoms with Crippen LogP contribution in [-0.4, -0.2) is 20.0 Å². The third kappa shape index (κ3) is 3.21. The van der Waals surface area contributed by atoms with Crippen molar-refractivity contribution >= 4 is 22.6 Å². The monoisotopic (exact) mass is 338 g/mol. The Bertz CT molecular complexity index is 1070. The molecule has 0 aliphatic heterocycles. The van der Waals surface area contributed by atoms with Crippen LogP contribution in [0.2, 0.25) is 0 Å². The molecule has 128 valence electrons. The Balaban J connectivity index is 2.02. The summed E-state index contributed by atoms with van der Waals surface area (Å²) in [6.45, 7) is 3.66. The number of hydrogen-bond donors (Lipinski definition) is 1. The summed E-state index contributed by atoms with van der Waals surface area (Å²) in [7, 11) is 0. The third-order valence-corrected chi connectivity index (χ3v) is 3.93. The second-order valence-corrected chi connectivity index (χ2v) is 5.70. The number of amides is 1. The first kappa shape index (κ1) is 16.6. The Kier molecular flexibility index (Phi) is 4.47. The van der Waals surface area contributed by atoms with Gasteiger partial charge in [0.25, 0.3) is 5.56 Å². The van der Waals surface area contributed by atoms with Crippen molar-refractivity contribution in [3.05, 3.63) is 69.0 Å². The van der Waals surface area contributed by atoms with Crippen LogP contribution in [-0.2, 0) is 17.9 Å². The van der Waals surface area contributed by atoms with Crippen LogP contribution >= 0.6 is 0 Å². The lowest BCUT2D eigenvalue weighted by Gasteiger charge is -2.13. The summed E-state index contributed by atoms with van der Waals surface area (Å²) in [6, 6.07) is 10.3. The van der Waals surface area contributed by atoms with Gasteiger partial charge in [-0.15, -0.1) is 0 Å². The summed E-state index contributed by atoms with van der Waals surface area (Å²) >= 11 is 0. The molecule has 0 fully saturated rings. The van der Waals surface area contributed by atoms with E-state index in [1.165, 1.54) is 4.57 Å². The SMILES string of the molecule is CCn1c(=O)c2ccccc2n(CC(=O)Nc2cc(C)ccn2)c1=O. The Hall–Kier alpha value is -3.22. The van der Waals surface area contributed by atoms with E-state index in [4.69, 9.17) is 0 Å². The molecule has 0 aliphatic rings. The average molecular weight is 338 g/mol. The molecule has 1 amide bonds. The number of carbonyl (C=O) groups excluding carboxylic acids is 1. The predicted molar refractivity (Wildman–Crippen MR) is 95.7 cm³/mol. The molecule has 25 heavy (non-hydrogen) atoms. The van der Waals surface area contributed by atoms with Crippen molar-refractivity contribution in [2.45, 2.75) is 26.9 Å². The molecule has 3 aromatic rings. The van der Waals surface area contributed by atoms with Crippen LogP contribution in [0.5, 0.6) is 0 Å². The minimum Gasteiger partial charge on any atom is -0.309 e. The van der Waals surface area contributed by atoms with Gasteiger partial charge < -0.3 is 5.32 Å². The zero-order valence-corrected chi connectivity index (χ0v) is 14.0. The van der Waals surface area contributed by atoms with E-state index in [0.717, 1.165) is 10.1 Å². The minimum absolute atomic E-state index is 0.199. The van der Waals surface area contributed by atoms with Crippen molar-refractivity contribution < 1.29 is 4.79 Å². The molecule has 7 heteroatoms. The summed E-state index contributed by atoms with van der Waals surface area (Å²) in [5, 5.41) is 3.09. The maximum atomic E-state index is 12.6. The van der Waals surface area contributed by atoms with Gasteiger partial charge in [0.1, 0.15) is 12.4 Å². The Morgan fingerprint density at radius 2 is 1.92 bits per heavy atom. The zero-order valence-electron chi connectivity index (χ0n) is 14.0. The van der Waals surface area contributed by atoms with Crippen LogP contribution in [0.15, 0.2) is 52.2 Å². The molecule has 2 heterocycles. The molecule has 0 atom stereocenters. The number of nitrogens with zero attached hydrogens (tertiary/aromatic N) is 3. The van der Waals surface area contributed by atoms with Gasteiger partial charge in [-0.3, -0.25) is 18.7 Å². The van der Waals surface area contributed by atoms with E-state index >= 15 is 0 Å². The largest absolute Gasteiger partial charge is 0.331 e. The molecule has 1 N–H and O–H groups in total. The quantitative estimate of drug-likeness (QED) is 0.781. The Labute approximate surface area is 143 Å². The number of nitrogens with one attached hydrogen (secondary N) is 1. The van der Waals surface area contributed by atoms with E-state index in [2.05, 4.69) is 10.3 Å². The fourth-order valence-corrected chi connectivity index (χ4v) is 2.73. The highest BCUT2D eigenvalue weighted by atomic mass is 16.2. The summed E-state index contributed by atoms with van der Waals surface area (Å²) < 4.78 is 2.44. The number of aromatic nitrogens is 3. The fraction of sp³-hybridized carbons (Fsp3) is 0.222. The first-order valence-corrected chi connectivity index (χ1v) is 7.96. The molecule has 1 aromatic carbocycles. The van der Waals surface area contributed by atoms with Gasteiger partial charge in [-0.2, -0.15) is 0 Å². The van der Waals surface area contributed by atoms with E-state index in [1.807, 2.05) is 13.0 Å². The first-order chi connectivity index (χ1) is 12.0. The highest BCUT2D eigenvalue weighted by Gasteiger charge is 2.14. The fourth-order valence-electron chi connectivity index (χ4n) is 2.73. The maximum absolute atomic E-state index is 12.6. The highest BCUT2D eigenvalue weighted by molar-refractivity contribution is 5.90. The lowest BCUT2D eigenvalue weighted by Crippen LogP contribution is -2.41.